The summed E-state index contributed by atoms with van der Waals surface area (Å²) in [7, 11) is 0. The Labute approximate surface area is 117 Å². The van der Waals surface area contributed by atoms with Gasteiger partial charge in [-0.25, -0.2) is 0 Å². The van der Waals surface area contributed by atoms with Crippen molar-refractivity contribution in [3.8, 4) is 0 Å². The Kier molecular flexibility index (Phi) is 5.64. The van der Waals surface area contributed by atoms with Crippen molar-refractivity contribution in [2.45, 2.75) is 33.1 Å². The van der Waals surface area contributed by atoms with Crippen LogP contribution in [0.15, 0.2) is 0 Å². The van der Waals surface area contributed by atoms with Crippen LogP contribution in [0.2, 0.25) is 0 Å². The number of amides is 1. The second kappa shape index (κ2) is 7.25. The zero-order valence-corrected chi connectivity index (χ0v) is 12.5. The molecule has 0 bridgehead atoms. The minimum atomic E-state index is 0.150. The molecule has 2 heterocycles. The fourth-order valence-electron chi connectivity index (χ4n) is 3.11. The normalized spacial score (nSPS) is 23.0. The number of hydrogen-bond donors (Lipinski definition) is 1. The molecule has 0 unspecified atom stereocenters. The molecule has 4 nitrogen and oxygen atoms in total. The van der Waals surface area contributed by atoms with E-state index < -0.39 is 0 Å². The van der Waals surface area contributed by atoms with Crippen LogP contribution in [-0.4, -0.2) is 61.5 Å². The number of rotatable bonds is 4. The molecule has 0 aromatic carbocycles. The van der Waals surface area contributed by atoms with E-state index in [4.69, 9.17) is 0 Å². The molecule has 4 heteroatoms. The second-order valence-electron chi connectivity index (χ2n) is 6.30. The molecule has 0 atom stereocenters. The van der Waals surface area contributed by atoms with E-state index in [2.05, 4.69) is 15.1 Å². The average molecular weight is 267 g/mol. The van der Waals surface area contributed by atoms with E-state index in [1.807, 2.05) is 13.8 Å². The van der Waals surface area contributed by atoms with Crippen LogP contribution in [-0.2, 0) is 4.79 Å². The number of likely N-dealkylation sites (tertiary alicyclic amines) is 1. The second-order valence-corrected chi connectivity index (χ2v) is 6.30. The summed E-state index contributed by atoms with van der Waals surface area (Å²) in [6.45, 7) is 11.9. The summed E-state index contributed by atoms with van der Waals surface area (Å²) in [6, 6.07) is 0. The predicted molar refractivity (Wildman–Crippen MR) is 78.1 cm³/mol. The van der Waals surface area contributed by atoms with Crippen molar-refractivity contribution in [2.75, 3.05) is 45.8 Å². The maximum atomic E-state index is 11.9. The van der Waals surface area contributed by atoms with Crippen molar-refractivity contribution < 1.29 is 4.79 Å². The third-order valence-corrected chi connectivity index (χ3v) is 4.48. The monoisotopic (exact) mass is 267 g/mol. The van der Waals surface area contributed by atoms with Gasteiger partial charge in [0.05, 0.1) is 0 Å². The van der Waals surface area contributed by atoms with Crippen LogP contribution >= 0.6 is 0 Å². The number of hydrogen-bond acceptors (Lipinski definition) is 3. The van der Waals surface area contributed by atoms with Crippen LogP contribution in [0.4, 0.5) is 0 Å². The molecule has 2 aliphatic rings. The summed E-state index contributed by atoms with van der Waals surface area (Å²) in [4.78, 5) is 16.6. The van der Waals surface area contributed by atoms with E-state index in [1.165, 1.54) is 38.9 Å². The first kappa shape index (κ1) is 14.8. The summed E-state index contributed by atoms with van der Waals surface area (Å²) >= 11 is 0. The maximum absolute atomic E-state index is 11.9. The Morgan fingerprint density at radius 2 is 1.79 bits per heavy atom. The van der Waals surface area contributed by atoms with Gasteiger partial charge in [-0.15, -0.1) is 0 Å². The van der Waals surface area contributed by atoms with Gasteiger partial charge in [-0.1, -0.05) is 13.8 Å². The number of nitrogens with one attached hydrogen (secondary N) is 1. The summed E-state index contributed by atoms with van der Waals surface area (Å²) < 4.78 is 0. The summed E-state index contributed by atoms with van der Waals surface area (Å²) in [6.07, 6.45) is 3.71. The quantitative estimate of drug-likeness (QED) is 0.831. The maximum Gasteiger partial charge on any atom is 0.225 e. The van der Waals surface area contributed by atoms with Crippen molar-refractivity contribution >= 4 is 5.91 Å². The largest absolute Gasteiger partial charge is 0.342 e. The fraction of sp³-hybridized carbons (Fsp3) is 0.933. The molecule has 0 aromatic rings. The smallest absolute Gasteiger partial charge is 0.225 e. The van der Waals surface area contributed by atoms with Gasteiger partial charge < -0.3 is 15.1 Å². The van der Waals surface area contributed by atoms with Crippen molar-refractivity contribution in [3.63, 3.8) is 0 Å². The fourth-order valence-corrected chi connectivity index (χ4v) is 3.11. The van der Waals surface area contributed by atoms with E-state index in [0.717, 1.165) is 32.1 Å². The summed E-state index contributed by atoms with van der Waals surface area (Å²) in [5.41, 5.74) is 0. The lowest BCUT2D eigenvalue weighted by atomic mass is 9.92. The van der Waals surface area contributed by atoms with E-state index in [0.29, 0.717) is 5.91 Å². The van der Waals surface area contributed by atoms with Crippen LogP contribution in [0.3, 0.4) is 0 Å². The Hall–Kier alpha value is -0.610. The molecule has 0 aliphatic carbocycles. The lowest BCUT2D eigenvalue weighted by molar-refractivity contribution is -0.135. The molecule has 19 heavy (non-hydrogen) atoms. The van der Waals surface area contributed by atoms with Gasteiger partial charge in [0.15, 0.2) is 0 Å². The van der Waals surface area contributed by atoms with E-state index in [1.54, 1.807) is 0 Å². The molecule has 1 N–H and O–H groups in total. The molecule has 2 rings (SSSR count). The molecule has 2 fully saturated rings. The van der Waals surface area contributed by atoms with Crippen LogP contribution in [0, 0.1) is 11.8 Å². The zero-order valence-electron chi connectivity index (χ0n) is 12.5. The number of piperazine rings is 1. The molecule has 0 aromatic heterocycles. The van der Waals surface area contributed by atoms with Crippen molar-refractivity contribution in [1.82, 2.24) is 15.1 Å². The summed E-state index contributed by atoms with van der Waals surface area (Å²) in [5, 5.41) is 3.40. The highest BCUT2D eigenvalue weighted by Crippen LogP contribution is 2.22. The lowest BCUT2D eigenvalue weighted by Crippen LogP contribution is -2.45. The van der Waals surface area contributed by atoms with Gasteiger partial charge in [0, 0.05) is 45.2 Å². The average Bonchev–Trinajstić information content (AvgIpc) is 2.46. The molecular formula is C15H29N3O. The molecule has 1 amide bonds. The van der Waals surface area contributed by atoms with Crippen LogP contribution < -0.4 is 5.32 Å². The van der Waals surface area contributed by atoms with Crippen LogP contribution in [0.25, 0.3) is 0 Å². The molecule has 0 spiro atoms. The highest BCUT2D eigenvalue weighted by atomic mass is 16.2. The number of nitrogens with zero attached hydrogens (tertiary/aromatic N) is 2. The van der Waals surface area contributed by atoms with Crippen molar-refractivity contribution in [1.29, 1.82) is 0 Å². The molecule has 110 valence electrons. The van der Waals surface area contributed by atoms with Gasteiger partial charge in [-0.05, 0) is 31.7 Å². The molecule has 2 saturated heterocycles. The van der Waals surface area contributed by atoms with Crippen LogP contribution in [0.1, 0.15) is 33.1 Å². The Bertz CT molecular complexity index is 279. The Morgan fingerprint density at radius 3 is 2.37 bits per heavy atom. The SMILES string of the molecule is CC(C)C(=O)N1CCC(CCN2CCNCC2)CC1. The van der Waals surface area contributed by atoms with Gasteiger partial charge >= 0.3 is 0 Å². The first-order chi connectivity index (χ1) is 9.16. The van der Waals surface area contributed by atoms with Crippen LogP contribution in [0.5, 0.6) is 0 Å². The molecular weight excluding hydrogens is 238 g/mol. The number of piperidine rings is 1. The van der Waals surface area contributed by atoms with Gasteiger partial charge in [-0.3, -0.25) is 4.79 Å². The van der Waals surface area contributed by atoms with Gasteiger partial charge in [0.2, 0.25) is 5.91 Å². The summed E-state index contributed by atoms with van der Waals surface area (Å²) in [5.74, 6) is 1.31. The van der Waals surface area contributed by atoms with Gasteiger partial charge in [0.25, 0.3) is 0 Å². The highest BCUT2D eigenvalue weighted by Gasteiger charge is 2.24. The number of carbonyl (C=O) groups excluding carboxylic acids is 1. The topological polar surface area (TPSA) is 35.6 Å². The number of carbonyl (C=O) groups is 1. The standard InChI is InChI=1S/C15H29N3O/c1-13(2)15(19)18-9-4-14(5-10-18)3-8-17-11-6-16-7-12-17/h13-14,16H,3-12H2,1-2H3. The zero-order chi connectivity index (χ0) is 13.7. The predicted octanol–water partition coefficient (Wildman–Crippen LogP) is 1.18. The molecule has 2 aliphatic heterocycles. The minimum Gasteiger partial charge on any atom is -0.342 e. The third-order valence-electron chi connectivity index (χ3n) is 4.48. The molecule has 0 radical (unpaired) electrons. The van der Waals surface area contributed by atoms with Gasteiger partial charge in [0.1, 0.15) is 0 Å². The minimum absolute atomic E-state index is 0.150. The Morgan fingerprint density at radius 1 is 1.16 bits per heavy atom. The van der Waals surface area contributed by atoms with E-state index >= 15 is 0 Å². The lowest BCUT2D eigenvalue weighted by Gasteiger charge is -2.34. The first-order valence-corrected chi connectivity index (χ1v) is 7.88. The van der Waals surface area contributed by atoms with E-state index in [9.17, 15) is 4.79 Å². The molecule has 0 saturated carbocycles. The Balaban J connectivity index is 1.64. The van der Waals surface area contributed by atoms with E-state index in [-0.39, 0.29) is 5.92 Å². The van der Waals surface area contributed by atoms with Gasteiger partial charge in [-0.2, -0.15) is 0 Å². The highest BCUT2D eigenvalue weighted by molar-refractivity contribution is 5.78. The van der Waals surface area contributed by atoms with Crippen molar-refractivity contribution in [2.24, 2.45) is 11.8 Å². The third kappa shape index (κ3) is 4.46. The first-order valence-electron chi connectivity index (χ1n) is 7.88. The van der Waals surface area contributed by atoms with Crippen molar-refractivity contribution in [3.05, 3.63) is 0 Å².